The number of hydrogen-bond donors (Lipinski definition) is 1. The summed E-state index contributed by atoms with van der Waals surface area (Å²) in [6.45, 7) is 3.49. The van der Waals surface area contributed by atoms with Gasteiger partial charge in [0, 0.05) is 12.2 Å². The second-order valence-corrected chi connectivity index (χ2v) is 6.03. The van der Waals surface area contributed by atoms with Crippen molar-refractivity contribution in [2.45, 2.75) is 51.9 Å². The maximum Gasteiger partial charge on any atom is 0.126 e. The van der Waals surface area contributed by atoms with Crippen molar-refractivity contribution in [3.63, 3.8) is 0 Å². The third-order valence-corrected chi connectivity index (χ3v) is 4.44. The van der Waals surface area contributed by atoms with E-state index in [9.17, 15) is 0 Å². The number of hydrogen-bond acceptors (Lipinski definition) is 2. The molecule has 2 aliphatic carbocycles. The number of nitrogens with zero attached hydrogens (tertiary/aromatic N) is 1. The SMILES string of the molecule is CC1(CNc2ccc3c(n2)CCC3)CCCC1. The minimum absolute atomic E-state index is 0.501. The van der Waals surface area contributed by atoms with E-state index >= 15 is 0 Å². The number of aromatic nitrogens is 1. The Labute approximate surface area is 104 Å². The Morgan fingerprint density at radius 3 is 2.82 bits per heavy atom. The first-order chi connectivity index (χ1) is 8.25. The fourth-order valence-corrected chi connectivity index (χ4v) is 3.23. The summed E-state index contributed by atoms with van der Waals surface area (Å²) >= 11 is 0. The number of anilines is 1. The lowest BCUT2D eigenvalue weighted by Crippen LogP contribution is -2.23. The minimum Gasteiger partial charge on any atom is -0.370 e. The van der Waals surface area contributed by atoms with Gasteiger partial charge in [-0.1, -0.05) is 25.8 Å². The van der Waals surface area contributed by atoms with Crippen molar-refractivity contribution in [1.29, 1.82) is 0 Å². The van der Waals surface area contributed by atoms with Gasteiger partial charge in [0.05, 0.1) is 0 Å². The topological polar surface area (TPSA) is 24.9 Å². The Balaban J connectivity index is 1.65. The van der Waals surface area contributed by atoms with Gasteiger partial charge in [-0.2, -0.15) is 0 Å². The summed E-state index contributed by atoms with van der Waals surface area (Å²) in [6, 6.07) is 4.41. The van der Waals surface area contributed by atoms with E-state index in [4.69, 9.17) is 4.98 Å². The van der Waals surface area contributed by atoms with E-state index in [2.05, 4.69) is 24.4 Å². The van der Waals surface area contributed by atoms with Gasteiger partial charge in [-0.05, 0) is 49.1 Å². The molecule has 0 aromatic carbocycles. The number of rotatable bonds is 3. The molecule has 0 aliphatic heterocycles. The third-order valence-electron chi connectivity index (χ3n) is 4.44. The lowest BCUT2D eigenvalue weighted by Gasteiger charge is -2.24. The molecule has 0 spiro atoms. The molecule has 2 heteroatoms. The van der Waals surface area contributed by atoms with Crippen LogP contribution in [0.3, 0.4) is 0 Å². The third kappa shape index (κ3) is 2.31. The van der Waals surface area contributed by atoms with E-state index in [-0.39, 0.29) is 0 Å². The zero-order valence-corrected chi connectivity index (χ0v) is 10.8. The minimum atomic E-state index is 0.501. The van der Waals surface area contributed by atoms with E-state index in [0.29, 0.717) is 5.41 Å². The van der Waals surface area contributed by atoms with Gasteiger partial charge in [-0.15, -0.1) is 0 Å². The average molecular weight is 230 g/mol. The lowest BCUT2D eigenvalue weighted by molar-refractivity contribution is 0.361. The number of pyridine rings is 1. The predicted octanol–water partition coefficient (Wildman–Crippen LogP) is 3.56. The van der Waals surface area contributed by atoms with Crippen LogP contribution in [0.1, 0.15) is 50.3 Å². The molecule has 1 fully saturated rings. The molecule has 17 heavy (non-hydrogen) atoms. The van der Waals surface area contributed by atoms with Crippen molar-refractivity contribution >= 4 is 5.82 Å². The maximum atomic E-state index is 4.73. The molecule has 0 amide bonds. The van der Waals surface area contributed by atoms with Crippen LogP contribution in [0.2, 0.25) is 0 Å². The van der Waals surface area contributed by atoms with Crippen LogP contribution in [0.25, 0.3) is 0 Å². The molecule has 1 aromatic heterocycles. The van der Waals surface area contributed by atoms with Crippen molar-refractivity contribution in [3.05, 3.63) is 23.4 Å². The Morgan fingerprint density at radius 1 is 1.18 bits per heavy atom. The Bertz CT molecular complexity index is 405. The van der Waals surface area contributed by atoms with Crippen LogP contribution < -0.4 is 5.32 Å². The molecule has 92 valence electrons. The van der Waals surface area contributed by atoms with E-state index in [1.807, 2.05) is 0 Å². The van der Waals surface area contributed by atoms with E-state index < -0.39 is 0 Å². The number of fused-ring (bicyclic) bond motifs is 1. The fraction of sp³-hybridized carbons (Fsp3) is 0.667. The molecule has 2 nitrogen and oxygen atoms in total. The van der Waals surface area contributed by atoms with Crippen molar-refractivity contribution in [2.24, 2.45) is 5.41 Å². The molecule has 0 atom stereocenters. The van der Waals surface area contributed by atoms with Crippen LogP contribution in [0.15, 0.2) is 12.1 Å². The standard InChI is InChI=1S/C15H22N2/c1-15(9-2-3-10-15)11-16-14-8-7-12-5-4-6-13(12)17-14/h7-8H,2-6,9-11H2,1H3,(H,16,17). The average Bonchev–Trinajstić information content (AvgIpc) is 2.95. The molecule has 0 saturated heterocycles. The summed E-state index contributed by atoms with van der Waals surface area (Å²) in [6.07, 6.45) is 9.20. The first-order valence-electron chi connectivity index (χ1n) is 6.98. The van der Waals surface area contributed by atoms with E-state index in [0.717, 1.165) is 12.4 Å². The molecule has 0 unspecified atom stereocenters. The van der Waals surface area contributed by atoms with Crippen LogP contribution in [-0.2, 0) is 12.8 Å². The Morgan fingerprint density at radius 2 is 2.00 bits per heavy atom. The van der Waals surface area contributed by atoms with Gasteiger partial charge in [0.25, 0.3) is 0 Å². The molecule has 1 saturated carbocycles. The van der Waals surface area contributed by atoms with Crippen LogP contribution in [-0.4, -0.2) is 11.5 Å². The summed E-state index contributed by atoms with van der Waals surface area (Å²) in [7, 11) is 0. The van der Waals surface area contributed by atoms with Gasteiger partial charge < -0.3 is 5.32 Å². The van der Waals surface area contributed by atoms with E-state index in [1.165, 1.54) is 56.2 Å². The van der Waals surface area contributed by atoms with Gasteiger partial charge in [0.15, 0.2) is 0 Å². The van der Waals surface area contributed by atoms with Crippen LogP contribution >= 0.6 is 0 Å². The van der Waals surface area contributed by atoms with Crippen molar-refractivity contribution in [1.82, 2.24) is 4.98 Å². The first kappa shape index (κ1) is 11.1. The quantitative estimate of drug-likeness (QED) is 0.858. The lowest BCUT2D eigenvalue weighted by atomic mass is 9.89. The summed E-state index contributed by atoms with van der Waals surface area (Å²) in [5, 5.41) is 3.55. The highest BCUT2D eigenvalue weighted by Crippen LogP contribution is 2.37. The van der Waals surface area contributed by atoms with Gasteiger partial charge in [-0.25, -0.2) is 4.98 Å². The molecule has 3 rings (SSSR count). The molecule has 1 N–H and O–H groups in total. The van der Waals surface area contributed by atoms with Crippen LogP contribution in [0.5, 0.6) is 0 Å². The predicted molar refractivity (Wildman–Crippen MR) is 71.3 cm³/mol. The number of nitrogens with one attached hydrogen (secondary N) is 1. The van der Waals surface area contributed by atoms with Gasteiger partial charge in [-0.3, -0.25) is 0 Å². The molecule has 2 aliphatic rings. The monoisotopic (exact) mass is 230 g/mol. The number of aryl methyl sites for hydroxylation is 2. The van der Waals surface area contributed by atoms with Gasteiger partial charge in [0.2, 0.25) is 0 Å². The zero-order chi connectivity index (χ0) is 11.7. The maximum absolute atomic E-state index is 4.73. The summed E-state index contributed by atoms with van der Waals surface area (Å²) in [5.41, 5.74) is 3.29. The Hall–Kier alpha value is -1.05. The molecule has 1 heterocycles. The summed E-state index contributed by atoms with van der Waals surface area (Å²) in [4.78, 5) is 4.73. The van der Waals surface area contributed by atoms with E-state index in [1.54, 1.807) is 0 Å². The summed E-state index contributed by atoms with van der Waals surface area (Å²) in [5.74, 6) is 1.08. The van der Waals surface area contributed by atoms with Crippen molar-refractivity contribution in [3.8, 4) is 0 Å². The largest absolute Gasteiger partial charge is 0.370 e. The molecular formula is C15H22N2. The highest BCUT2D eigenvalue weighted by molar-refractivity contribution is 5.40. The van der Waals surface area contributed by atoms with Gasteiger partial charge >= 0.3 is 0 Å². The van der Waals surface area contributed by atoms with Crippen LogP contribution in [0, 0.1) is 5.41 Å². The highest BCUT2D eigenvalue weighted by Gasteiger charge is 2.28. The van der Waals surface area contributed by atoms with Crippen molar-refractivity contribution in [2.75, 3.05) is 11.9 Å². The Kier molecular flexibility index (Phi) is 2.81. The second kappa shape index (κ2) is 4.32. The molecule has 1 aromatic rings. The van der Waals surface area contributed by atoms with Gasteiger partial charge in [0.1, 0.15) is 5.82 Å². The van der Waals surface area contributed by atoms with Crippen LogP contribution in [0.4, 0.5) is 5.82 Å². The zero-order valence-electron chi connectivity index (χ0n) is 10.8. The molecular weight excluding hydrogens is 208 g/mol. The molecule has 0 bridgehead atoms. The second-order valence-electron chi connectivity index (χ2n) is 6.03. The summed E-state index contributed by atoms with van der Waals surface area (Å²) < 4.78 is 0. The fourth-order valence-electron chi connectivity index (χ4n) is 3.23. The highest BCUT2D eigenvalue weighted by atomic mass is 15.0. The first-order valence-corrected chi connectivity index (χ1v) is 6.98. The molecule has 0 radical (unpaired) electrons. The smallest absolute Gasteiger partial charge is 0.126 e. The van der Waals surface area contributed by atoms with Crippen molar-refractivity contribution < 1.29 is 0 Å². The normalized spacial score (nSPS) is 21.5.